The highest BCUT2D eigenvalue weighted by atomic mass is 35.5. The fourth-order valence-corrected chi connectivity index (χ4v) is 6.56. The van der Waals surface area contributed by atoms with Crippen LogP contribution in [0.15, 0.2) is 23.0 Å². The summed E-state index contributed by atoms with van der Waals surface area (Å²) in [7, 11) is 3.02. The number of rotatable bonds is 8. The van der Waals surface area contributed by atoms with Gasteiger partial charge in [0.1, 0.15) is 48.8 Å². The summed E-state index contributed by atoms with van der Waals surface area (Å²) in [4.78, 5) is 13.8. The van der Waals surface area contributed by atoms with Crippen molar-refractivity contribution in [2.24, 2.45) is 0 Å². The zero-order valence-corrected chi connectivity index (χ0v) is 24.5. The maximum absolute atomic E-state index is 13.8. The Hall–Kier alpha value is -1.62. The van der Waals surface area contributed by atoms with Gasteiger partial charge in [0.25, 0.3) is 0 Å². The Morgan fingerprint density at radius 3 is 1.76 bits per heavy atom. The number of methoxy groups -OCH3 is 2. The fourth-order valence-electron chi connectivity index (χ4n) is 6.39. The SMILES string of the molecule is CO[C@@H]1[C@H]2OC(C)(C)O[C@H]2O[C@@H]1[C@H](O)Cn1c(=O)n(C[C@@H](O)[C@H]2O[C@H]3OC(C)(C)O[C@@H]3[C@H]2OC)c2ccc(Cl)cc21. The Balaban J connectivity index is 1.25. The molecule has 13 nitrogen and oxygen atoms in total. The van der Waals surface area contributed by atoms with Gasteiger partial charge in [-0.15, -0.1) is 0 Å². The number of nitrogens with zero attached hydrogens (tertiary/aromatic N) is 2. The Morgan fingerprint density at radius 2 is 1.29 bits per heavy atom. The molecule has 2 N–H and O–H groups in total. The van der Waals surface area contributed by atoms with E-state index in [9.17, 15) is 15.0 Å². The lowest BCUT2D eigenvalue weighted by Gasteiger charge is -2.28. The topological polar surface area (TPSA) is 141 Å². The first-order valence-electron chi connectivity index (χ1n) is 13.6. The summed E-state index contributed by atoms with van der Waals surface area (Å²) in [5.41, 5.74) is 0.546. The molecule has 5 heterocycles. The molecule has 0 saturated carbocycles. The van der Waals surface area contributed by atoms with E-state index in [1.54, 1.807) is 45.9 Å². The number of aromatic nitrogens is 2. The summed E-state index contributed by atoms with van der Waals surface area (Å²) in [6.07, 6.45) is -7.65. The zero-order chi connectivity index (χ0) is 29.4. The molecular formula is C27H37ClN2O11. The van der Waals surface area contributed by atoms with E-state index in [1.165, 1.54) is 23.4 Å². The Morgan fingerprint density at radius 1 is 0.829 bits per heavy atom. The first-order chi connectivity index (χ1) is 19.3. The van der Waals surface area contributed by atoms with Gasteiger partial charge < -0.3 is 48.1 Å². The highest BCUT2D eigenvalue weighted by Gasteiger charge is 2.58. The molecule has 0 spiro atoms. The predicted molar refractivity (Wildman–Crippen MR) is 142 cm³/mol. The van der Waals surface area contributed by atoms with Gasteiger partial charge in [-0.05, 0) is 45.9 Å². The van der Waals surface area contributed by atoms with Gasteiger partial charge in [0, 0.05) is 19.2 Å². The van der Waals surface area contributed by atoms with E-state index in [4.69, 9.17) is 49.5 Å². The summed E-state index contributed by atoms with van der Waals surface area (Å²) >= 11 is 6.30. The van der Waals surface area contributed by atoms with Gasteiger partial charge >= 0.3 is 5.69 Å². The number of imidazole rings is 1. The summed E-state index contributed by atoms with van der Waals surface area (Å²) < 4.78 is 49.5. The van der Waals surface area contributed by atoms with Crippen molar-refractivity contribution in [1.82, 2.24) is 9.13 Å². The highest BCUT2D eigenvalue weighted by Crippen LogP contribution is 2.41. The van der Waals surface area contributed by atoms with E-state index in [0.717, 1.165) is 0 Å². The van der Waals surface area contributed by atoms with Gasteiger partial charge in [-0.3, -0.25) is 9.13 Å². The lowest BCUT2D eigenvalue weighted by atomic mass is 10.1. The number of halogens is 1. The molecule has 1 aromatic carbocycles. The number of fused-ring (bicyclic) bond motifs is 3. The molecule has 2 aromatic rings. The van der Waals surface area contributed by atoms with E-state index >= 15 is 0 Å². The molecule has 4 aliphatic rings. The van der Waals surface area contributed by atoms with Crippen LogP contribution in [0, 0.1) is 0 Å². The van der Waals surface area contributed by atoms with E-state index < -0.39 is 78.7 Å². The molecule has 228 valence electrons. The smallest absolute Gasteiger partial charge is 0.329 e. The molecule has 0 aliphatic carbocycles. The number of aliphatic hydroxyl groups excluding tert-OH is 2. The molecule has 14 heteroatoms. The van der Waals surface area contributed by atoms with Crippen molar-refractivity contribution in [2.75, 3.05) is 14.2 Å². The van der Waals surface area contributed by atoms with Gasteiger partial charge in [-0.2, -0.15) is 0 Å². The van der Waals surface area contributed by atoms with Crippen molar-refractivity contribution >= 4 is 22.6 Å². The number of ether oxygens (including phenoxy) is 8. The van der Waals surface area contributed by atoms with Crippen LogP contribution in [0.1, 0.15) is 27.7 Å². The quantitative estimate of drug-likeness (QED) is 0.447. The van der Waals surface area contributed by atoms with Crippen molar-refractivity contribution in [3.05, 3.63) is 33.7 Å². The summed E-state index contributed by atoms with van der Waals surface area (Å²) in [6, 6.07) is 4.99. The third-order valence-corrected chi connectivity index (χ3v) is 8.31. The normalized spacial score (nSPS) is 37.0. The van der Waals surface area contributed by atoms with Crippen LogP contribution in [0.5, 0.6) is 0 Å². The van der Waals surface area contributed by atoms with Crippen LogP contribution < -0.4 is 5.69 Å². The molecule has 6 rings (SSSR count). The van der Waals surface area contributed by atoms with Gasteiger partial charge in [0.2, 0.25) is 0 Å². The molecule has 41 heavy (non-hydrogen) atoms. The first-order valence-corrected chi connectivity index (χ1v) is 14.0. The minimum atomic E-state index is -1.16. The predicted octanol–water partition coefficient (Wildman–Crippen LogP) is 0.961. The van der Waals surface area contributed by atoms with Gasteiger partial charge in [0.15, 0.2) is 24.2 Å². The highest BCUT2D eigenvalue weighted by molar-refractivity contribution is 6.31. The Bertz CT molecular complexity index is 1340. The van der Waals surface area contributed by atoms with Gasteiger partial charge in [-0.1, -0.05) is 11.6 Å². The molecule has 0 bridgehead atoms. The third-order valence-electron chi connectivity index (χ3n) is 8.08. The van der Waals surface area contributed by atoms with Gasteiger partial charge in [-0.25, -0.2) is 4.79 Å². The second-order valence-electron chi connectivity index (χ2n) is 11.8. The molecule has 0 amide bonds. The van der Waals surface area contributed by atoms with Crippen LogP contribution in [-0.4, -0.2) is 107 Å². The van der Waals surface area contributed by atoms with Crippen LogP contribution in [0.3, 0.4) is 0 Å². The van der Waals surface area contributed by atoms with Crippen molar-refractivity contribution in [2.45, 2.75) is 114 Å². The first kappa shape index (κ1) is 29.5. The number of hydrogen-bond donors (Lipinski definition) is 2. The minimum absolute atomic E-state index is 0.116. The van der Waals surface area contributed by atoms with Crippen molar-refractivity contribution in [3.63, 3.8) is 0 Å². The average molecular weight is 601 g/mol. The second-order valence-corrected chi connectivity index (χ2v) is 12.2. The Labute approximate surface area is 241 Å². The van der Waals surface area contributed by atoms with Crippen LogP contribution in [-0.2, 0) is 51.0 Å². The summed E-state index contributed by atoms with van der Waals surface area (Å²) in [5.74, 6) is -1.69. The van der Waals surface area contributed by atoms with E-state index in [1.807, 2.05) is 0 Å². The molecule has 0 unspecified atom stereocenters. The van der Waals surface area contributed by atoms with Crippen LogP contribution in [0.2, 0.25) is 5.02 Å². The molecule has 10 atom stereocenters. The number of benzene rings is 1. The zero-order valence-electron chi connectivity index (χ0n) is 23.8. The summed E-state index contributed by atoms with van der Waals surface area (Å²) in [6.45, 7) is 6.86. The van der Waals surface area contributed by atoms with E-state index in [-0.39, 0.29) is 13.1 Å². The molecule has 4 fully saturated rings. The lowest BCUT2D eigenvalue weighted by Crippen LogP contribution is -2.46. The fraction of sp³-hybridized carbons (Fsp3) is 0.741. The van der Waals surface area contributed by atoms with Crippen molar-refractivity contribution in [3.8, 4) is 0 Å². The average Bonchev–Trinajstić information content (AvgIpc) is 3.63. The molecule has 4 saturated heterocycles. The number of aliphatic hydroxyl groups is 2. The number of hydrogen-bond acceptors (Lipinski definition) is 11. The third kappa shape index (κ3) is 5.14. The van der Waals surface area contributed by atoms with E-state index in [2.05, 4.69) is 0 Å². The molecule has 0 radical (unpaired) electrons. The summed E-state index contributed by atoms with van der Waals surface area (Å²) in [5, 5.41) is 23.0. The Kier molecular flexibility index (Phi) is 7.56. The minimum Gasteiger partial charge on any atom is -0.388 e. The van der Waals surface area contributed by atoms with Crippen LogP contribution >= 0.6 is 11.6 Å². The van der Waals surface area contributed by atoms with Gasteiger partial charge in [0.05, 0.1) is 24.1 Å². The van der Waals surface area contributed by atoms with Crippen molar-refractivity contribution in [1.29, 1.82) is 0 Å². The standard InChI is InChI=1S/C27H37ClN2O11/c1-26(2)38-21-19(34-5)17(36-23(21)40-26)15(31)10-29-13-8-7-12(28)9-14(13)30(25(29)33)11-16(32)18-20(35-6)22-24(37-18)41-27(3,4)39-22/h7-9,15-24,31-32H,10-11H2,1-6H3/t15-,16-,17-,18-,19+,20+,21-,22-,23+,24-/m1/s1. The maximum Gasteiger partial charge on any atom is 0.329 e. The largest absolute Gasteiger partial charge is 0.388 e. The lowest BCUT2D eigenvalue weighted by molar-refractivity contribution is -0.228. The van der Waals surface area contributed by atoms with Crippen molar-refractivity contribution < 1.29 is 48.1 Å². The molecule has 4 aliphatic heterocycles. The van der Waals surface area contributed by atoms with E-state index in [0.29, 0.717) is 16.1 Å². The monoisotopic (exact) mass is 600 g/mol. The molecule has 1 aromatic heterocycles. The second kappa shape index (κ2) is 10.5. The van der Waals surface area contributed by atoms with Crippen LogP contribution in [0.25, 0.3) is 11.0 Å². The maximum atomic E-state index is 13.8. The van der Waals surface area contributed by atoms with Crippen LogP contribution in [0.4, 0.5) is 0 Å². The molecular weight excluding hydrogens is 564 g/mol.